The Bertz CT molecular complexity index is 6870. The van der Waals surface area contributed by atoms with Gasteiger partial charge in [-0.3, -0.25) is 13.7 Å². The largest absolute Gasteiger partial charge is 0.458 e. The molecule has 6 heteroatoms. The lowest BCUT2D eigenvalue weighted by Crippen LogP contribution is -2.76. The van der Waals surface area contributed by atoms with Gasteiger partial charge in [-0.05, 0) is 127 Å². The summed E-state index contributed by atoms with van der Waals surface area (Å²) in [5.41, 5.74) is -5.40. The first-order valence-electron chi connectivity index (χ1n) is 44.8. The Hall–Kier alpha value is -10.9. The molecule has 402 valence electrons. The van der Waals surface area contributed by atoms with Crippen molar-refractivity contribution in [3.63, 3.8) is 0 Å². The van der Waals surface area contributed by atoms with Crippen LogP contribution in [0.1, 0.15) is 57.7 Å². The molecule has 0 fully saturated rings. The minimum absolute atomic E-state index is 0.00894. The van der Waals surface area contributed by atoms with E-state index in [-0.39, 0.29) is 45.2 Å². The predicted octanol–water partition coefficient (Wildman–Crippen LogP) is 16.3. The highest BCUT2D eigenvalue weighted by Crippen LogP contribution is 2.38. The van der Waals surface area contributed by atoms with Gasteiger partial charge in [-0.2, -0.15) is 0 Å². The molecular weight excluding hydrogens is 1050 g/mol. The molecule has 3 heterocycles. The van der Waals surface area contributed by atoms with Gasteiger partial charge in [0.2, 0.25) is 0 Å². The third-order valence-corrected chi connectivity index (χ3v) is 18.4. The summed E-state index contributed by atoms with van der Waals surface area (Å²) in [7, 11) is -6.77. The van der Waals surface area contributed by atoms with Crippen LogP contribution in [0.2, 0.25) is 0 Å². The lowest BCUT2D eigenvalue weighted by molar-refractivity contribution is -0.570. The van der Waals surface area contributed by atoms with Crippen molar-refractivity contribution in [3.05, 3.63) is 333 Å². The molecule has 0 atom stereocenters. The Labute approximate surface area is 549 Å². The molecule has 0 aliphatic carbocycles. The summed E-state index contributed by atoms with van der Waals surface area (Å²) >= 11 is 0. The van der Waals surface area contributed by atoms with Gasteiger partial charge in [0, 0.05) is 32.7 Å². The molecule has 3 aromatic heterocycles. The van der Waals surface area contributed by atoms with Gasteiger partial charge in [0.1, 0.15) is 17.3 Å². The first kappa shape index (κ1) is 24.9. The monoisotopic (exact) mass is 1140 g/mol. The topological polar surface area (TPSA) is 35.9 Å². The number of imidazole rings is 1. The van der Waals surface area contributed by atoms with Crippen LogP contribution in [0.15, 0.2) is 321 Å². The van der Waals surface area contributed by atoms with Gasteiger partial charge in [0.25, 0.3) is 6.33 Å². The number of hydrogen-bond donors (Lipinski definition) is 0. The predicted molar refractivity (Wildman–Crippen MR) is 352 cm³/mol. The molecule has 85 heavy (non-hydrogen) atoms. The van der Waals surface area contributed by atoms with Crippen molar-refractivity contribution in [1.82, 2.24) is 14.1 Å². The number of rotatable bonds is 13. The first-order valence-corrected chi connectivity index (χ1v) is 27.8. The maximum atomic E-state index is 10.2. The lowest BCUT2D eigenvalue weighted by atomic mass is 9.97. The minimum Gasteiger partial charge on any atom is -0.458 e. The molecule has 0 radical (unpaired) electrons. The van der Waals surface area contributed by atoms with Gasteiger partial charge in [-0.1, -0.05) is 254 Å². The molecule has 0 unspecified atom stereocenters. The average Bonchev–Trinajstić information content (AvgIpc) is 1.68. The molecule has 0 saturated carbocycles. The second-order valence-corrected chi connectivity index (χ2v) is 22.4. The van der Waals surface area contributed by atoms with Crippen LogP contribution in [0.25, 0.3) is 94.5 Å². The number of pyridine rings is 1. The van der Waals surface area contributed by atoms with E-state index in [0.29, 0.717) is 21.8 Å². The molecule has 0 bridgehead atoms. The van der Waals surface area contributed by atoms with Crippen LogP contribution in [-0.2, 0) is 0 Å². The van der Waals surface area contributed by atoms with Crippen LogP contribution in [0.4, 0.5) is 0 Å². The first-order chi connectivity index (χ1) is 57.8. The smallest absolute Gasteiger partial charge is 0.269 e. The van der Waals surface area contributed by atoms with Gasteiger partial charge in [-0.15, -0.1) is 0 Å². The molecule has 0 N–H and O–H groups in total. The van der Waals surface area contributed by atoms with E-state index in [1.165, 1.54) is 53.1 Å². The van der Waals surface area contributed by atoms with Gasteiger partial charge >= 0.3 is 0 Å². The van der Waals surface area contributed by atoms with Crippen molar-refractivity contribution >= 4 is 61.7 Å². The van der Waals surface area contributed by atoms with Crippen molar-refractivity contribution in [2.45, 2.75) is 6.85 Å². The Morgan fingerprint density at radius 2 is 1.00 bits per heavy atom. The van der Waals surface area contributed by atoms with E-state index in [2.05, 4.69) is 11.3 Å². The number of ether oxygens (including phenoxy) is 1. The zero-order valence-electron chi connectivity index (χ0n) is 81.6. The average molecular weight is 1140 g/mol. The van der Waals surface area contributed by atoms with Crippen LogP contribution in [0.3, 0.4) is 0 Å². The van der Waals surface area contributed by atoms with Gasteiger partial charge in [0.05, 0.1) is 81.4 Å². The zero-order chi connectivity index (χ0) is 89.6. The fourth-order valence-corrected chi connectivity index (χ4v) is 14.6. The molecule has 0 amide bonds. The number of nitrogens with zero attached hydrogens (tertiary/aromatic N) is 4. The summed E-state index contributed by atoms with van der Waals surface area (Å²) in [6.45, 7) is -2.99. The Kier molecular flexibility index (Phi) is 6.37. The highest BCUT2D eigenvalue weighted by Gasteiger charge is 2.44. The Morgan fingerprint density at radius 3 is 1.62 bits per heavy atom. The number of aryl methyl sites for hydroxylation is 1. The Balaban J connectivity index is 1.12. The maximum Gasteiger partial charge on any atom is 0.269 e. The van der Waals surface area contributed by atoms with Crippen LogP contribution in [0.5, 0.6) is 11.5 Å². The van der Waals surface area contributed by atoms with E-state index in [0.717, 1.165) is 22.9 Å². The van der Waals surface area contributed by atoms with E-state index >= 15 is 0 Å². The Morgan fingerprint density at radius 1 is 0.447 bits per heavy atom. The van der Waals surface area contributed by atoms with Crippen molar-refractivity contribution in [2.24, 2.45) is 0 Å². The van der Waals surface area contributed by atoms with E-state index in [1.807, 2.05) is 0 Å². The number of benzene rings is 12. The highest BCUT2D eigenvalue weighted by molar-refractivity contribution is 7.20. The summed E-state index contributed by atoms with van der Waals surface area (Å²) in [6, 6.07) is -12.3. The number of aromatic nitrogens is 4. The SMILES string of the molecule is [2H]c1c([2H])c([2H])c(-c2cc(-c3c([2H])c([2H])c([2H])c([2H])c3[2H])c(-[n+]3[c-]n(-c4cccc(Oc5ccc6c7ccccc7n(-c7cc(C([2H])([2H])[2H])c(-c8c([2H])c([2H])c([2H])c([2H])c8[2H])cn7)c6c5)c4)c4cc(-c5c([2H])c([2H])c([2H])c([2H])c5[2H])ccc43)c([Si](c3c([2H])c([2H])c([2H])c([2H])c3[2H])(c3c([2H])c([2H])c([2H])c([2H])c3[2H])c3c([2H])c([2H])c([2H])c([2H])c3[2H])c2)c([2H])c1[2H]. The molecule has 15 aromatic rings. The van der Waals surface area contributed by atoms with Gasteiger partial charge in [0.15, 0.2) is 8.07 Å². The third kappa shape index (κ3) is 9.13. The second kappa shape index (κ2) is 21.8. The summed E-state index contributed by atoms with van der Waals surface area (Å²) in [6.07, 6.45) is 4.31. The van der Waals surface area contributed by atoms with Crippen molar-refractivity contribution in [2.75, 3.05) is 0 Å². The van der Waals surface area contributed by atoms with Crippen LogP contribution in [-0.4, -0.2) is 22.2 Å². The molecule has 15 rings (SSSR count). The zero-order valence-corrected chi connectivity index (χ0v) is 44.6. The molecule has 0 aliphatic rings. The van der Waals surface area contributed by atoms with Gasteiger partial charge in [-0.25, -0.2) is 4.98 Å². The van der Waals surface area contributed by atoms with E-state index in [4.69, 9.17) is 29.4 Å². The van der Waals surface area contributed by atoms with Crippen molar-refractivity contribution in [3.8, 4) is 73.2 Å². The molecule has 0 aliphatic heterocycles. The van der Waals surface area contributed by atoms with Crippen LogP contribution < -0.4 is 30.1 Å². The molecule has 0 spiro atoms. The third-order valence-electron chi connectivity index (χ3n) is 14.2. The quantitative estimate of drug-likeness (QED) is 0.0499. The van der Waals surface area contributed by atoms with Crippen LogP contribution in [0, 0.1) is 13.2 Å². The highest BCUT2D eigenvalue weighted by atomic mass is 28.3. The van der Waals surface area contributed by atoms with Gasteiger partial charge < -0.3 is 4.74 Å². The van der Waals surface area contributed by atoms with Crippen LogP contribution >= 0.6 is 0 Å². The normalized spacial score (nSPS) is 18.0. The lowest BCUT2D eigenvalue weighted by Gasteiger charge is -2.37. The van der Waals surface area contributed by atoms with Crippen molar-refractivity contribution < 1.29 is 61.4 Å². The minimum atomic E-state index is -6.77. The van der Waals surface area contributed by atoms with E-state index in [9.17, 15) is 27.4 Å². The number of para-hydroxylation sites is 1. The van der Waals surface area contributed by atoms with Crippen molar-refractivity contribution in [1.29, 1.82) is 0 Å². The van der Waals surface area contributed by atoms with E-state index < -0.39 is 292 Å². The summed E-state index contributed by atoms with van der Waals surface area (Å²) < 4.78 is 363. The summed E-state index contributed by atoms with van der Waals surface area (Å²) in [5.74, 6) is 0.0180. The fraction of sp³-hybridized carbons (Fsp3) is 0.0127. The fourth-order valence-electron chi connectivity index (χ4n) is 10.6. The van der Waals surface area contributed by atoms with E-state index in [1.54, 1.807) is 47.0 Å². The number of hydrogen-bond acceptors (Lipinski definition) is 2. The second-order valence-electron chi connectivity index (χ2n) is 18.9. The molecule has 12 aromatic carbocycles. The summed E-state index contributed by atoms with van der Waals surface area (Å²) in [5, 5.41) is -3.21. The molecular formula is C79H56N4OSi. The maximum absolute atomic E-state index is 10.2. The standard InChI is InChI=1S/C79H56N4OSi/c1-56-48-78(80-54-72(56)60-32-15-5-16-33-60)83-73-43-24-23-42-69(73)70-46-45-65(53-75(70)83)84-64-35-25-34-63(52-64)81-55-82(74-47-44-61(50-76(74)81)57-26-9-2-10-27-57)79-71(59-30-13-4-14-31-59)49-62(58-28-11-3-12-29-58)51-77(79)85(66-36-17-6-18-37-66,67-38-19-7-20-39-67)68-40-21-8-22-41-68/h2-54H,1H3/i1D3,2D,3D,4D,5D,6D,7D,8D,9D,10D,11D,12D,13D,14D,15D,16D,17D,18D,19D,20D,21D,22D,26D,27D,28D,29D,30D,31D,32D,33D,36D,37D,38D,39D,40D,41D. The number of fused-ring (bicyclic) bond motifs is 4. The summed E-state index contributed by atoms with van der Waals surface area (Å²) in [4.78, 5) is 4.67. The molecule has 5 nitrogen and oxygen atoms in total. The molecule has 0 saturated heterocycles.